The molecule has 0 saturated carbocycles. The largest absolute Gasteiger partial charge is 0.415 e. The zero-order chi connectivity index (χ0) is 27.7. The molecular weight excluding hydrogens is 485 g/mol. The molecule has 1 atom stereocenters. The average molecular weight is 557 g/mol. The summed E-state index contributed by atoms with van der Waals surface area (Å²) in [6.45, 7) is 16.8. The second-order valence-electron chi connectivity index (χ2n) is 13.8. The number of unbranched alkanes of at least 4 members (excludes halogenated alkanes) is 22. The van der Waals surface area contributed by atoms with Crippen molar-refractivity contribution in [1.29, 1.82) is 0 Å². The monoisotopic (exact) mass is 557 g/mol. The van der Waals surface area contributed by atoms with Crippen molar-refractivity contribution < 1.29 is 8.85 Å². The minimum Gasteiger partial charge on any atom is -0.415 e. The lowest BCUT2D eigenvalue weighted by atomic mass is 10.0. The first-order chi connectivity index (χ1) is 17.6. The molecule has 0 fully saturated rings. The van der Waals surface area contributed by atoms with E-state index in [1.807, 2.05) is 0 Å². The van der Waals surface area contributed by atoms with Crippen molar-refractivity contribution in [1.82, 2.24) is 0 Å². The zero-order valence-electron chi connectivity index (χ0n) is 27.1. The maximum Gasteiger partial charge on any atom is 0.184 e. The molecule has 0 bridgehead atoms. The van der Waals surface area contributed by atoms with Crippen LogP contribution in [0.25, 0.3) is 0 Å². The summed E-state index contributed by atoms with van der Waals surface area (Å²) in [4.78, 5) is 0. The van der Waals surface area contributed by atoms with Gasteiger partial charge in [0, 0.05) is 0 Å². The van der Waals surface area contributed by atoms with E-state index in [0.29, 0.717) is 6.10 Å². The molecule has 0 radical (unpaired) electrons. The van der Waals surface area contributed by atoms with Gasteiger partial charge in [-0.3, -0.25) is 0 Å². The fourth-order valence-corrected chi connectivity index (χ4v) is 7.05. The smallest absolute Gasteiger partial charge is 0.184 e. The lowest BCUT2D eigenvalue weighted by Gasteiger charge is -2.29. The Hall–Kier alpha value is 0.354. The molecule has 37 heavy (non-hydrogen) atoms. The molecule has 0 heterocycles. The van der Waals surface area contributed by atoms with E-state index in [4.69, 9.17) is 8.85 Å². The molecule has 0 aliphatic rings. The maximum absolute atomic E-state index is 6.42. The van der Waals surface area contributed by atoms with E-state index in [-0.39, 0.29) is 0 Å². The van der Waals surface area contributed by atoms with Crippen LogP contribution in [-0.4, -0.2) is 29.3 Å². The standard InChI is InChI=1S/C33H72O2Si2/c1-8-9-10-11-12-13-14-15-16-17-18-19-20-21-22-23-24-25-26-27-28-29-30-31-33(35-37(5,6)7)32-34-36(2,3)4/h33H,8-32H2,1-7H3. The van der Waals surface area contributed by atoms with Crippen LogP contribution in [0, 0.1) is 0 Å². The fourth-order valence-electron chi connectivity index (χ4n) is 5.18. The Morgan fingerprint density at radius 3 is 0.973 bits per heavy atom. The van der Waals surface area contributed by atoms with Gasteiger partial charge in [0.25, 0.3) is 0 Å². The Morgan fingerprint density at radius 1 is 0.405 bits per heavy atom. The molecule has 0 rings (SSSR count). The Kier molecular flexibility index (Phi) is 25.6. The molecular formula is C33H72O2Si2. The summed E-state index contributed by atoms with van der Waals surface area (Å²) in [5, 5.41) is 0. The van der Waals surface area contributed by atoms with E-state index >= 15 is 0 Å². The number of hydrogen-bond donors (Lipinski definition) is 0. The van der Waals surface area contributed by atoms with Gasteiger partial charge in [0.15, 0.2) is 16.6 Å². The van der Waals surface area contributed by atoms with Gasteiger partial charge in [-0.2, -0.15) is 0 Å². The molecule has 0 N–H and O–H groups in total. The van der Waals surface area contributed by atoms with Gasteiger partial charge < -0.3 is 8.85 Å². The predicted octanol–water partition coefficient (Wildman–Crippen LogP) is 12.4. The Labute approximate surface area is 238 Å². The SMILES string of the molecule is CCCCCCCCCCCCCCCCCCCCCCCCCC(CO[Si](C)(C)C)O[Si](C)(C)C. The lowest BCUT2D eigenvalue weighted by molar-refractivity contribution is 0.109. The molecule has 0 aliphatic carbocycles. The molecule has 4 heteroatoms. The van der Waals surface area contributed by atoms with E-state index in [0.717, 1.165) is 6.61 Å². The van der Waals surface area contributed by atoms with Crippen molar-refractivity contribution in [3.05, 3.63) is 0 Å². The molecule has 2 nitrogen and oxygen atoms in total. The van der Waals surface area contributed by atoms with E-state index in [9.17, 15) is 0 Å². The second-order valence-corrected chi connectivity index (χ2v) is 22.8. The van der Waals surface area contributed by atoms with Crippen LogP contribution in [0.15, 0.2) is 0 Å². The van der Waals surface area contributed by atoms with Gasteiger partial charge in [0.1, 0.15) is 0 Å². The van der Waals surface area contributed by atoms with E-state index in [1.54, 1.807) is 0 Å². The van der Waals surface area contributed by atoms with Crippen molar-refractivity contribution in [3.63, 3.8) is 0 Å². The van der Waals surface area contributed by atoms with Gasteiger partial charge in [-0.15, -0.1) is 0 Å². The first kappa shape index (κ1) is 37.4. The highest BCUT2D eigenvalue weighted by Gasteiger charge is 2.23. The summed E-state index contributed by atoms with van der Waals surface area (Å²) in [6, 6.07) is 0. The zero-order valence-corrected chi connectivity index (χ0v) is 29.1. The second kappa shape index (κ2) is 25.3. The molecule has 0 aromatic heterocycles. The third-order valence-corrected chi connectivity index (χ3v) is 9.43. The highest BCUT2D eigenvalue weighted by atomic mass is 28.4. The van der Waals surface area contributed by atoms with Crippen LogP contribution in [0.1, 0.15) is 161 Å². The molecule has 0 spiro atoms. The molecule has 0 saturated heterocycles. The Bertz CT molecular complexity index is 456. The summed E-state index contributed by atoms with van der Waals surface area (Å²) in [5.41, 5.74) is 0. The van der Waals surface area contributed by atoms with Gasteiger partial charge in [-0.1, -0.05) is 155 Å². The van der Waals surface area contributed by atoms with E-state index in [1.165, 1.54) is 154 Å². The number of rotatable bonds is 29. The van der Waals surface area contributed by atoms with Crippen LogP contribution < -0.4 is 0 Å². The molecule has 0 aromatic carbocycles. The minimum atomic E-state index is -1.50. The van der Waals surface area contributed by atoms with Crippen LogP contribution >= 0.6 is 0 Å². The fraction of sp³-hybridized carbons (Fsp3) is 1.00. The van der Waals surface area contributed by atoms with Crippen LogP contribution in [0.5, 0.6) is 0 Å². The average Bonchev–Trinajstić information content (AvgIpc) is 2.81. The molecule has 1 unspecified atom stereocenters. The minimum absolute atomic E-state index is 0.313. The highest BCUT2D eigenvalue weighted by Crippen LogP contribution is 2.18. The van der Waals surface area contributed by atoms with Gasteiger partial charge >= 0.3 is 0 Å². The molecule has 0 amide bonds. The van der Waals surface area contributed by atoms with Gasteiger partial charge in [-0.05, 0) is 45.7 Å². The first-order valence-corrected chi connectivity index (χ1v) is 23.8. The van der Waals surface area contributed by atoms with Crippen LogP contribution in [-0.2, 0) is 8.85 Å². The molecule has 0 aliphatic heterocycles. The lowest BCUT2D eigenvalue weighted by Crippen LogP contribution is -2.38. The van der Waals surface area contributed by atoms with Crippen LogP contribution in [0.2, 0.25) is 39.3 Å². The maximum atomic E-state index is 6.42. The van der Waals surface area contributed by atoms with Crippen LogP contribution in [0.4, 0.5) is 0 Å². The third kappa shape index (κ3) is 32.5. The summed E-state index contributed by atoms with van der Waals surface area (Å²) >= 11 is 0. The summed E-state index contributed by atoms with van der Waals surface area (Å²) in [5.74, 6) is 0. The molecule has 224 valence electrons. The van der Waals surface area contributed by atoms with Crippen molar-refractivity contribution in [2.45, 2.75) is 206 Å². The third-order valence-electron chi connectivity index (χ3n) is 7.35. The van der Waals surface area contributed by atoms with Crippen molar-refractivity contribution in [2.24, 2.45) is 0 Å². The van der Waals surface area contributed by atoms with E-state index in [2.05, 4.69) is 46.2 Å². The topological polar surface area (TPSA) is 18.5 Å². The van der Waals surface area contributed by atoms with Crippen molar-refractivity contribution in [2.75, 3.05) is 6.61 Å². The van der Waals surface area contributed by atoms with E-state index < -0.39 is 16.6 Å². The highest BCUT2D eigenvalue weighted by molar-refractivity contribution is 6.70. The Balaban J connectivity index is 3.38. The van der Waals surface area contributed by atoms with Gasteiger partial charge in [0.05, 0.1) is 12.7 Å². The summed E-state index contributed by atoms with van der Waals surface area (Å²) < 4.78 is 12.6. The van der Waals surface area contributed by atoms with Crippen LogP contribution in [0.3, 0.4) is 0 Å². The number of hydrogen-bond acceptors (Lipinski definition) is 2. The first-order valence-electron chi connectivity index (χ1n) is 17.0. The molecule has 0 aromatic rings. The van der Waals surface area contributed by atoms with Gasteiger partial charge in [-0.25, -0.2) is 0 Å². The summed E-state index contributed by atoms with van der Waals surface area (Å²) in [6.07, 6.45) is 34.8. The predicted molar refractivity (Wildman–Crippen MR) is 174 cm³/mol. The summed E-state index contributed by atoms with van der Waals surface area (Å²) in [7, 11) is -2.96. The van der Waals surface area contributed by atoms with Crippen molar-refractivity contribution in [3.8, 4) is 0 Å². The van der Waals surface area contributed by atoms with Gasteiger partial charge in [0.2, 0.25) is 0 Å². The Morgan fingerprint density at radius 2 is 0.703 bits per heavy atom. The van der Waals surface area contributed by atoms with Crippen molar-refractivity contribution >= 4 is 16.6 Å². The quantitative estimate of drug-likeness (QED) is 0.0673. The normalized spacial score (nSPS) is 13.4.